The summed E-state index contributed by atoms with van der Waals surface area (Å²) in [4.78, 5) is 9.28. The number of anilines is 1. The van der Waals surface area contributed by atoms with E-state index >= 15 is 0 Å². The van der Waals surface area contributed by atoms with Crippen LogP contribution >= 0.6 is 0 Å². The van der Waals surface area contributed by atoms with Crippen molar-refractivity contribution in [2.24, 2.45) is 0 Å². The van der Waals surface area contributed by atoms with Crippen LogP contribution in [0.1, 0.15) is 32.4 Å². The van der Waals surface area contributed by atoms with Gasteiger partial charge in [-0.25, -0.2) is 9.97 Å². The lowest BCUT2D eigenvalue weighted by molar-refractivity contribution is 0.822. The molecule has 84 valence electrons. The third kappa shape index (κ3) is 1.98. The topological polar surface area (TPSA) is 37.8 Å². The SMILES string of the molecule is CCNc1nc2ccccc2nc1C(C)C. The Bertz CT molecular complexity index is 492. The van der Waals surface area contributed by atoms with E-state index in [9.17, 15) is 0 Å². The summed E-state index contributed by atoms with van der Waals surface area (Å²) in [7, 11) is 0. The summed E-state index contributed by atoms with van der Waals surface area (Å²) in [5.41, 5.74) is 2.95. The Kier molecular flexibility index (Phi) is 3.04. The van der Waals surface area contributed by atoms with Gasteiger partial charge in [0, 0.05) is 6.54 Å². The highest BCUT2D eigenvalue weighted by atomic mass is 15.0. The van der Waals surface area contributed by atoms with Gasteiger partial charge >= 0.3 is 0 Å². The monoisotopic (exact) mass is 215 g/mol. The molecule has 0 aliphatic carbocycles. The fourth-order valence-electron chi connectivity index (χ4n) is 1.71. The van der Waals surface area contributed by atoms with Crippen molar-refractivity contribution >= 4 is 16.9 Å². The molecule has 0 saturated heterocycles. The molecule has 2 aromatic rings. The van der Waals surface area contributed by atoms with Gasteiger partial charge in [0.2, 0.25) is 0 Å². The summed E-state index contributed by atoms with van der Waals surface area (Å²) >= 11 is 0. The van der Waals surface area contributed by atoms with E-state index in [4.69, 9.17) is 0 Å². The van der Waals surface area contributed by atoms with Gasteiger partial charge < -0.3 is 5.32 Å². The molecule has 0 unspecified atom stereocenters. The highest BCUT2D eigenvalue weighted by Crippen LogP contribution is 2.23. The highest BCUT2D eigenvalue weighted by molar-refractivity contribution is 5.76. The molecular formula is C13H17N3. The number of fused-ring (bicyclic) bond motifs is 1. The Morgan fingerprint density at radius 2 is 1.75 bits per heavy atom. The fraction of sp³-hybridized carbons (Fsp3) is 0.385. The summed E-state index contributed by atoms with van der Waals surface area (Å²) in [5, 5.41) is 3.28. The lowest BCUT2D eigenvalue weighted by Crippen LogP contribution is -2.07. The van der Waals surface area contributed by atoms with E-state index in [0.29, 0.717) is 5.92 Å². The molecule has 0 bridgehead atoms. The zero-order valence-corrected chi connectivity index (χ0v) is 9.99. The molecule has 2 rings (SSSR count). The third-order valence-electron chi connectivity index (χ3n) is 2.49. The Morgan fingerprint density at radius 3 is 2.31 bits per heavy atom. The largest absolute Gasteiger partial charge is 0.369 e. The molecule has 1 heterocycles. The van der Waals surface area contributed by atoms with Gasteiger partial charge in [-0.15, -0.1) is 0 Å². The fourth-order valence-corrected chi connectivity index (χ4v) is 1.71. The van der Waals surface area contributed by atoms with Gasteiger partial charge in [-0.05, 0) is 25.0 Å². The van der Waals surface area contributed by atoms with E-state index in [0.717, 1.165) is 29.1 Å². The van der Waals surface area contributed by atoms with Gasteiger partial charge in [0.25, 0.3) is 0 Å². The molecule has 1 aromatic heterocycles. The zero-order chi connectivity index (χ0) is 11.5. The van der Waals surface area contributed by atoms with E-state index in [-0.39, 0.29) is 0 Å². The molecule has 0 aliphatic heterocycles. The van der Waals surface area contributed by atoms with Crippen molar-refractivity contribution in [2.45, 2.75) is 26.7 Å². The second kappa shape index (κ2) is 4.47. The smallest absolute Gasteiger partial charge is 0.148 e. The maximum atomic E-state index is 4.67. The number of nitrogens with zero attached hydrogens (tertiary/aromatic N) is 2. The van der Waals surface area contributed by atoms with Crippen molar-refractivity contribution in [1.82, 2.24) is 9.97 Å². The quantitative estimate of drug-likeness (QED) is 0.854. The summed E-state index contributed by atoms with van der Waals surface area (Å²) < 4.78 is 0. The van der Waals surface area contributed by atoms with Crippen molar-refractivity contribution < 1.29 is 0 Å². The zero-order valence-electron chi connectivity index (χ0n) is 9.99. The van der Waals surface area contributed by atoms with Crippen LogP contribution in [-0.4, -0.2) is 16.5 Å². The summed E-state index contributed by atoms with van der Waals surface area (Å²) in [6.07, 6.45) is 0. The van der Waals surface area contributed by atoms with Gasteiger partial charge in [-0.3, -0.25) is 0 Å². The number of para-hydroxylation sites is 2. The molecule has 0 spiro atoms. The highest BCUT2D eigenvalue weighted by Gasteiger charge is 2.10. The van der Waals surface area contributed by atoms with Crippen molar-refractivity contribution in [3.63, 3.8) is 0 Å². The number of hydrogen-bond acceptors (Lipinski definition) is 3. The summed E-state index contributed by atoms with van der Waals surface area (Å²) in [5.74, 6) is 1.29. The van der Waals surface area contributed by atoms with Crippen LogP contribution < -0.4 is 5.32 Å². The number of hydrogen-bond donors (Lipinski definition) is 1. The van der Waals surface area contributed by atoms with Gasteiger partial charge in [0.1, 0.15) is 5.82 Å². The van der Waals surface area contributed by atoms with Crippen LogP contribution in [0.4, 0.5) is 5.82 Å². The molecule has 0 aliphatic rings. The first-order valence-corrected chi connectivity index (χ1v) is 5.73. The van der Waals surface area contributed by atoms with Gasteiger partial charge in [0.05, 0.1) is 16.7 Å². The van der Waals surface area contributed by atoms with E-state index in [1.807, 2.05) is 24.3 Å². The minimum atomic E-state index is 0.381. The Hall–Kier alpha value is -1.64. The molecule has 16 heavy (non-hydrogen) atoms. The maximum Gasteiger partial charge on any atom is 0.148 e. The van der Waals surface area contributed by atoms with E-state index in [1.54, 1.807) is 0 Å². The molecule has 0 amide bonds. The molecule has 0 saturated carbocycles. The Balaban J connectivity index is 2.61. The van der Waals surface area contributed by atoms with Crippen molar-refractivity contribution in [1.29, 1.82) is 0 Å². The van der Waals surface area contributed by atoms with E-state index < -0.39 is 0 Å². The third-order valence-corrected chi connectivity index (χ3v) is 2.49. The molecule has 0 fully saturated rings. The molecule has 1 N–H and O–H groups in total. The molecule has 1 aromatic carbocycles. The lowest BCUT2D eigenvalue weighted by Gasteiger charge is -2.12. The van der Waals surface area contributed by atoms with Gasteiger partial charge in [-0.1, -0.05) is 26.0 Å². The lowest BCUT2D eigenvalue weighted by atomic mass is 10.1. The number of benzene rings is 1. The van der Waals surface area contributed by atoms with E-state index in [2.05, 4.69) is 36.1 Å². The van der Waals surface area contributed by atoms with Gasteiger partial charge in [-0.2, -0.15) is 0 Å². The van der Waals surface area contributed by atoms with Crippen molar-refractivity contribution in [3.8, 4) is 0 Å². The second-order valence-corrected chi connectivity index (χ2v) is 4.13. The van der Waals surface area contributed by atoms with Crippen molar-refractivity contribution in [2.75, 3.05) is 11.9 Å². The van der Waals surface area contributed by atoms with Crippen molar-refractivity contribution in [3.05, 3.63) is 30.0 Å². The summed E-state index contributed by atoms with van der Waals surface area (Å²) in [6, 6.07) is 7.98. The number of rotatable bonds is 3. The number of aromatic nitrogens is 2. The average molecular weight is 215 g/mol. The molecule has 0 radical (unpaired) electrons. The molecule has 3 heteroatoms. The minimum absolute atomic E-state index is 0.381. The average Bonchev–Trinajstić information content (AvgIpc) is 2.28. The molecule has 0 atom stereocenters. The van der Waals surface area contributed by atoms with Crippen LogP contribution in [0.5, 0.6) is 0 Å². The minimum Gasteiger partial charge on any atom is -0.369 e. The number of nitrogens with one attached hydrogen (secondary N) is 1. The van der Waals surface area contributed by atoms with Crippen LogP contribution in [0.3, 0.4) is 0 Å². The normalized spacial score (nSPS) is 11.0. The predicted octanol–water partition coefficient (Wildman–Crippen LogP) is 3.19. The first kappa shape index (κ1) is 10.9. The first-order chi connectivity index (χ1) is 7.72. The summed E-state index contributed by atoms with van der Waals surface area (Å²) in [6.45, 7) is 7.22. The van der Waals surface area contributed by atoms with Crippen LogP contribution in [0.15, 0.2) is 24.3 Å². The van der Waals surface area contributed by atoms with Crippen LogP contribution in [0.25, 0.3) is 11.0 Å². The maximum absolute atomic E-state index is 4.67. The van der Waals surface area contributed by atoms with Crippen LogP contribution in [0, 0.1) is 0 Å². The standard InChI is InChI=1S/C13H17N3/c1-4-14-13-12(9(2)3)15-10-7-5-6-8-11(10)16-13/h5-9H,4H2,1-3H3,(H,14,16). The van der Waals surface area contributed by atoms with E-state index in [1.165, 1.54) is 0 Å². The van der Waals surface area contributed by atoms with Gasteiger partial charge in [0.15, 0.2) is 0 Å². The molecule has 3 nitrogen and oxygen atoms in total. The Labute approximate surface area is 95.9 Å². The van der Waals surface area contributed by atoms with Crippen LogP contribution in [-0.2, 0) is 0 Å². The Morgan fingerprint density at radius 1 is 1.12 bits per heavy atom. The predicted molar refractivity (Wildman–Crippen MR) is 67.8 cm³/mol. The molecular weight excluding hydrogens is 198 g/mol. The second-order valence-electron chi connectivity index (χ2n) is 4.13. The first-order valence-electron chi connectivity index (χ1n) is 5.73. The van der Waals surface area contributed by atoms with Crippen LogP contribution in [0.2, 0.25) is 0 Å².